The van der Waals surface area contributed by atoms with Crippen molar-refractivity contribution < 1.29 is 4.79 Å². The predicted octanol–water partition coefficient (Wildman–Crippen LogP) is 5.26. The Balaban J connectivity index is 1.91. The fourth-order valence-corrected chi connectivity index (χ4v) is 3.42. The molecule has 0 unspecified atom stereocenters. The van der Waals surface area contributed by atoms with Gasteiger partial charge in [-0.05, 0) is 31.0 Å². The molecule has 3 aromatic rings. The minimum Gasteiger partial charge on any atom is -0.289 e. The Morgan fingerprint density at radius 2 is 1.48 bits per heavy atom. The van der Waals surface area contributed by atoms with Gasteiger partial charge in [-0.25, -0.2) is 0 Å². The Kier molecular flexibility index (Phi) is 3.72. The number of carbonyl (C=O) groups excluding carboxylic acids is 1. The van der Waals surface area contributed by atoms with Crippen LogP contribution in [0.3, 0.4) is 0 Å². The lowest BCUT2D eigenvalue weighted by atomic mass is 9.99. The van der Waals surface area contributed by atoms with Crippen LogP contribution >= 0.6 is 11.3 Å². The van der Waals surface area contributed by atoms with E-state index >= 15 is 0 Å². The van der Waals surface area contributed by atoms with E-state index in [0.717, 1.165) is 11.1 Å². The Labute approximate surface area is 128 Å². The summed E-state index contributed by atoms with van der Waals surface area (Å²) in [5.74, 6) is 0.0698. The van der Waals surface area contributed by atoms with Crippen molar-refractivity contribution in [3.8, 4) is 11.1 Å². The molecule has 1 heterocycles. The summed E-state index contributed by atoms with van der Waals surface area (Å²) in [5.41, 5.74) is 3.89. The average Bonchev–Trinajstić information content (AvgIpc) is 2.86. The van der Waals surface area contributed by atoms with Crippen LogP contribution in [0, 0.1) is 13.8 Å². The normalized spacial score (nSPS) is 10.6. The molecule has 0 saturated heterocycles. The van der Waals surface area contributed by atoms with E-state index in [9.17, 15) is 4.79 Å². The van der Waals surface area contributed by atoms with E-state index in [1.54, 1.807) is 11.3 Å². The molecule has 2 aromatic carbocycles. The van der Waals surface area contributed by atoms with E-state index in [0.29, 0.717) is 0 Å². The molecule has 0 atom stereocenters. The first kappa shape index (κ1) is 13.8. The molecule has 0 fully saturated rings. The lowest BCUT2D eigenvalue weighted by Gasteiger charge is -2.04. The van der Waals surface area contributed by atoms with Gasteiger partial charge in [0.25, 0.3) is 0 Å². The number of thiophene rings is 1. The van der Waals surface area contributed by atoms with Crippen molar-refractivity contribution in [1.82, 2.24) is 0 Å². The molecule has 0 spiro atoms. The highest BCUT2D eigenvalue weighted by molar-refractivity contribution is 7.12. The van der Waals surface area contributed by atoms with Crippen LogP contribution in [0.2, 0.25) is 0 Å². The van der Waals surface area contributed by atoms with Crippen molar-refractivity contribution in [3.05, 3.63) is 81.5 Å². The van der Waals surface area contributed by atoms with Crippen LogP contribution in [-0.4, -0.2) is 5.78 Å². The standard InChI is InChI=1S/C19H16OS/c1-13-12-18(14(2)21-13)15-8-10-17(11-9-15)19(20)16-6-4-3-5-7-16/h3-12H,1-2H3. The second-order valence-corrected chi connectivity index (χ2v) is 6.56. The first-order chi connectivity index (χ1) is 10.1. The number of rotatable bonds is 3. The smallest absolute Gasteiger partial charge is 0.193 e. The van der Waals surface area contributed by atoms with Gasteiger partial charge in [0.15, 0.2) is 5.78 Å². The lowest BCUT2D eigenvalue weighted by molar-refractivity contribution is 0.103. The van der Waals surface area contributed by atoms with Gasteiger partial charge in [-0.2, -0.15) is 0 Å². The highest BCUT2D eigenvalue weighted by Crippen LogP contribution is 2.30. The van der Waals surface area contributed by atoms with Crippen LogP contribution in [0.1, 0.15) is 25.7 Å². The predicted molar refractivity (Wildman–Crippen MR) is 89.1 cm³/mol. The summed E-state index contributed by atoms with van der Waals surface area (Å²) in [4.78, 5) is 15.0. The first-order valence-corrected chi connectivity index (χ1v) is 7.74. The molecule has 21 heavy (non-hydrogen) atoms. The van der Waals surface area contributed by atoms with Crippen LogP contribution in [-0.2, 0) is 0 Å². The molecular weight excluding hydrogens is 276 g/mol. The maximum Gasteiger partial charge on any atom is 0.193 e. The Hall–Kier alpha value is -2.19. The molecule has 1 aromatic heterocycles. The van der Waals surface area contributed by atoms with Gasteiger partial charge in [-0.15, -0.1) is 11.3 Å². The molecule has 2 heteroatoms. The maximum atomic E-state index is 12.4. The summed E-state index contributed by atoms with van der Waals surface area (Å²) >= 11 is 1.80. The van der Waals surface area contributed by atoms with Crippen LogP contribution < -0.4 is 0 Å². The van der Waals surface area contributed by atoms with Gasteiger partial charge in [0, 0.05) is 20.9 Å². The topological polar surface area (TPSA) is 17.1 Å². The molecule has 0 bridgehead atoms. The molecule has 3 rings (SSSR count). The minimum atomic E-state index is 0.0698. The van der Waals surface area contributed by atoms with E-state index in [2.05, 4.69) is 19.9 Å². The van der Waals surface area contributed by atoms with Gasteiger partial charge in [0.1, 0.15) is 0 Å². The number of aryl methyl sites for hydroxylation is 2. The third-order valence-electron chi connectivity index (χ3n) is 3.54. The van der Waals surface area contributed by atoms with Gasteiger partial charge in [0.05, 0.1) is 0 Å². The molecule has 0 amide bonds. The van der Waals surface area contributed by atoms with Gasteiger partial charge in [-0.3, -0.25) is 4.79 Å². The van der Waals surface area contributed by atoms with Crippen molar-refractivity contribution in [3.63, 3.8) is 0 Å². The van der Waals surface area contributed by atoms with Crippen LogP contribution in [0.15, 0.2) is 60.7 Å². The first-order valence-electron chi connectivity index (χ1n) is 6.92. The largest absolute Gasteiger partial charge is 0.289 e. The summed E-state index contributed by atoms with van der Waals surface area (Å²) < 4.78 is 0. The monoisotopic (exact) mass is 292 g/mol. The highest BCUT2D eigenvalue weighted by atomic mass is 32.1. The van der Waals surface area contributed by atoms with Crippen LogP contribution in [0.25, 0.3) is 11.1 Å². The molecule has 0 saturated carbocycles. The molecule has 0 N–H and O–H groups in total. The Morgan fingerprint density at radius 3 is 2.05 bits per heavy atom. The van der Waals surface area contributed by atoms with Crippen molar-refractivity contribution in [2.45, 2.75) is 13.8 Å². The minimum absolute atomic E-state index is 0.0698. The Morgan fingerprint density at radius 1 is 0.857 bits per heavy atom. The maximum absolute atomic E-state index is 12.4. The summed E-state index contributed by atoms with van der Waals surface area (Å²) in [6.45, 7) is 4.25. The zero-order valence-electron chi connectivity index (χ0n) is 12.1. The number of ketones is 1. The molecule has 0 aliphatic rings. The van der Waals surface area contributed by atoms with Crippen LogP contribution in [0.5, 0.6) is 0 Å². The fourth-order valence-electron chi connectivity index (χ4n) is 2.47. The molecule has 0 aliphatic carbocycles. The van der Waals surface area contributed by atoms with Crippen LogP contribution in [0.4, 0.5) is 0 Å². The molecule has 0 aliphatic heterocycles. The molecule has 1 nitrogen and oxygen atoms in total. The third kappa shape index (κ3) is 2.81. The van der Waals surface area contributed by atoms with Crippen molar-refractivity contribution in [2.24, 2.45) is 0 Å². The van der Waals surface area contributed by atoms with E-state index in [1.165, 1.54) is 20.9 Å². The van der Waals surface area contributed by atoms with Crippen molar-refractivity contribution >= 4 is 17.1 Å². The van der Waals surface area contributed by atoms with E-state index in [1.807, 2.05) is 54.6 Å². The SMILES string of the molecule is Cc1cc(-c2ccc(C(=O)c3ccccc3)cc2)c(C)s1. The van der Waals surface area contributed by atoms with Gasteiger partial charge in [0.2, 0.25) is 0 Å². The van der Waals surface area contributed by atoms with E-state index in [4.69, 9.17) is 0 Å². The zero-order valence-corrected chi connectivity index (χ0v) is 12.9. The Bertz CT molecular complexity index is 767. The molecule has 104 valence electrons. The summed E-state index contributed by atoms with van der Waals surface area (Å²) in [7, 11) is 0. The summed E-state index contributed by atoms with van der Waals surface area (Å²) in [6, 6.07) is 19.5. The second-order valence-electron chi connectivity index (χ2n) is 5.10. The average molecular weight is 292 g/mol. The zero-order chi connectivity index (χ0) is 14.8. The number of carbonyl (C=O) groups is 1. The van der Waals surface area contributed by atoms with Gasteiger partial charge >= 0.3 is 0 Å². The van der Waals surface area contributed by atoms with E-state index < -0.39 is 0 Å². The summed E-state index contributed by atoms with van der Waals surface area (Å²) in [5, 5.41) is 0. The number of hydrogen-bond donors (Lipinski definition) is 0. The number of benzene rings is 2. The molecule has 0 radical (unpaired) electrons. The quantitative estimate of drug-likeness (QED) is 0.601. The summed E-state index contributed by atoms with van der Waals surface area (Å²) in [6.07, 6.45) is 0. The fraction of sp³-hybridized carbons (Fsp3) is 0.105. The van der Waals surface area contributed by atoms with E-state index in [-0.39, 0.29) is 5.78 Å². The van der Waals surface area contributed by atoms with Crippen molar-refractivity contribution in [2.75, 3.05) is 0 Å². The third-order valence-corrected chi connectivity index (χ3v) is 4.50. The van der Waals surface area contributed by atoms with Gasteiger partial charge < -0.3 is 0 Å². The lowest BCUT2D eigenvalue weighted by Crippen LogP contribution is -2.00. The number of hydrogen-bond acceptors (Lipinski definition) is 2. The highest BCUT2D eigenvalue weighted by Gasteiger charge is 2.10. The second kappa shape index (κ2) is 5.66. The van der Waals surface area contributed by atoms with Gasteiger partial charge in [-0.1, -0.05) is 54.6 Å². The van der Waals surface area contributed by atoms with Crippen molar-refractivity contribution in [1.29, 1.82) is 0 Å². The molecular formula is C19H16OS.